The Labute approximate surface area is 200 Å². The zero-order chi connectivity index (χ0) is 23.3. The van der Waals surface area contributed by atoms with Gasteiger partial charge in [0.2, 0.25) is 0 Å². The number of nitrogens with one attached hydrogen (secondary N) is 1. The van der Waals surface area contributed by atoms with Crippen molar-refractivity contribution in [2.75, 3.05) is 13.7 Å². The fourth-order valence-electron chi connectivity index (χ4n) is 6.01. The molecule has 2 aliphatic carbocycles. The van der Waals surface area contributed by atoms with Crippen LogP contribution >= 0.6 is 0 Å². The molecule has 0 radical (unpaired) electrons. The van der Waals surface area contributed by atoms with Crippen molar-refractivity contribution in [2.24, 2.45) is 0 Å². The molecule has 0 bridgehead atoms. The summed E-state index contributed by atoms with van der Waals surface area (Å²) in [4.78, 5) is 12.2. The minimum absolute atomic E-state index is 0.405. The van der Waals surface area contributed by atoms with E-state index in [-0.39, 0.29) is 0 Å². The number of hydrogen-bond acceptors (Lipinski definition) is 2. The van der Waals surface area contributed by atoms with Crippen LogP contribution < -0.4 is 5.32 Å². The largest absolute Gasteiger partial charge is 0.453 e. The number of fused-ring (bicyclic) bond motifs is 6. The number of benzene rings is 4. The SMILES string of the molecule is COC(=O)NCC(C)(c1cccc2c1Cc1ccccc1-2)c1cccc2c1Cc1ccccc1-2. The average Bonchev–Trinajstić information content (AvgIpc) is 3.45. The summed E-state index contributed by atoms with van der Waals surface area (Å²) >= 11 is 0. The Morgan fingerprint density at radius 2 is 1.21 bits per heavy atom. The predicted octanol–water partition coefficient (Wildman–Crippen LogP) is 6.49. The van der Waals surface area contributed by atoms with Crippen LogP contribution in [0.2, 0.25) is 0 Å². The number of ether oxygens (including phenoxy) is 1. The van der Waals surface area contributed by atoms with Crippen LogP contribution in [0.5, 0.6) is 0 Å². The van der Waals surface area contributed by atoms with E-state index in [2.05, 4.69) is 97.2 Å². The first kappa shape index (κ1) is 20.7. The molecule has 1 amide bonds. The van der Waals surface area contributed by atoms with Crippen LogP contribution in [0.1, 0.15) is 40.3 Å². The highest BCUT2D eigenvalue weighted by molar-refractivity contribution is 5.81. The Bertz CT molecular complexity index is 1340. The van der Waals surface area contributed by atoms with Gasteiger partial charge >= 0.3 is 6.09 Å². The van der Waals surface area contributed by atoms with Crippen LogP contribution in [0.4, 0.5) is 4.79 Å². The molecule has 3 heteroatoms. The van der Waals surface area contributed by atoms with Gasteiger partial charge in [-0.05, 0) is 75.4 Å². The van der Waals surface area contributed by atoms with Gasteiger partial charge in [-0.2, -0.15) is 0 Å². The van der Waals surface area contributed by atoms with E-state index < -0.39 is 11.5 Å². The zero-order valence-corrected chi connectivity index (χ0v) is 19.5. The molecular weight excluding hydrogens is 418 g/mol. The first-order valence-corrected chi connectivity index (χ1v) is 11.8. The maximum absolute atomic E-state index is 12.2. The predicted molar refractivity (Wildman–Crippen MR) is 136 cm³/mol. The Morgan fingerprint density at radius 1 is 0.735 bits per heavy atom. The Kier molecular flexibility index (Phi) is 4.80. The van der Waals surface area contributed by atoms with Crippen molar-refractivity contribution < 1.29 is 9.53 Å². The number of hydrogen-bond donors (Lipinski definition) is 1. The summed E-state index contributed by atoms with van der Waals surface area (Å²) in [6.45, 7) is 2.72. The topological polar surface area (TPSA) is 38.3 Å². The summed E-state index contributed by atoms with van der Waals surface area (Å²) in [5, 5.41) is 3.03. The second-order valence-corrected chi connectivity index (χ2v) is 9.51. The first-order chi connectivity index (χ1) is 16.6. The maximum Gasteiger partial charge on any atom is 0.406 e. The lowest BCUT2D eigenvalue weighted by molar-refractivity contribution is 0.169. The highest BCUT2D eigenvalue weighted by Gasteiger charge is 2.37. The minimum Gasteiger partial charge on any atom is -0.453 e. The molecule has 0 spiro atoms. The van der Waals surface area contributed by atoms with Crippen molar-refractivity contribution in [2.45, 2.75) is 25.2 Å². The van der Waals surface area contributed by atoms with Crippen LogP contribution in [-0.2, 0) is 23.0 Å². The van der Waals surface area contributed by atoms with Crippen LogP contribution in [0.15, 0.2) is 84.9 Å². The van der Waals surface area contributed by atoms with E-state index in [1.807, 2.05) is 0 Å². The number of carbonyl (C=O) groups excluding carboxylic acids is 1. The number of amides is 1. The van der Waals surface area contributed by atoms with Gasteiger partial charge in [0.15, 0.2) is 0 Å². The summed E-state index contributed by atoms with van der Waals surface area (Å²) in [6.07, 6.45) is 1.41. The van der Waals surface area contributed by atoms with E-state index in [1.165, 1.54) is 62.7 Å². The van der Waals surface area contributed by atoms with Crippen molar-refractivity contribution in [3.05, 3.63) is 118 Å². The number of methoxy groups -OCH3 is 1. The standard InChI is InChI=1S/C31H27NO2/c1-31(19-32-30(33)34-2,28-15-7-13-24-22-11-5-3-9-20(22)17-26(24)28)29-16-8-14-25-23-12-6-4-10-21(23)18-27(25)29/h3-16H,17-19H2,1-2H3,(H,32,33). The number of rotatable bonds is 4. The molecule has 0 aromatic heterocycles. The van der Waals surface area contributed by atoms with E-state index in [0.717, 1.165) is 12.8 Å². The molecule has 1 N–H and O–H groups in total. The van der Waals surface area contributed by atoms with Crippen LogP contribution in [0.3, 0.4) is 0 Å². The lowest BCUT2D eigenvalue weighted by Gasteiger charge is -2.35. The Morgan fingerprint density at radius 3 is 1.71 bits per heavy atom. The second kappa shape index (κ2) is 7.88. The Hall–Kier alpha value is -3.85. The highest BCUT2D eigenvalue weighted by Crippen LogP contribution is 2.47. The highest BCUT2D eigenvalue weighted by atomic mass is 16.5. The lowest BCUT2D eigenvalue weighted by Crippen LogP contribution is -2.40. The van der Waals surface area contributed by atoms with Crippen LogP contribution in [0.25, 0.3) is 22.3 Å². The van der Waals surface area contributed by atoms with E-state index in [0.29, 0.717) is 6.54 Å². The van der Waals surface area contributed by atoms with Gasteiger partial charge in [-0.1, -0.05) is 84.9 Å². The molecule has 3 nitrogen and oxygen atoms in total. The summed E-state index contributed by atoms with van der Waals surface area (Å²) < 4.78 is 4.95. The van der Waals surface area contributed by atoms with Gasteiger partial charge < -0.3 is 10.1 Å². The summed E-state index contributed by atoms with van der Waals surface area (Å²) in [5.41, 5.74) is 12.8. The van der Waals surface area contributed by atoms with Crippen molar-refractivity contribution in [3.63, 3.8) is 0 Å². The van der Waals surface area contributed by atoms with Crippen molar-refractivity contribution in [3.8, 4) is 22.3 Å². The lowest BCUT2D eigenvalue weighted by atomic mass is 9.71. The molecule has 34 heavy (non-hydrogen) atoms. The molecule has 0 saturated carbocycles. The average molecular weight is 446 g/mol. The van der Waals surface area contributed by atoms with Gasteiger partial charge in [0.1, 0.15) is 0 Å². The summed E-state index contributed by atoms with van der Waals surface area (Å²) in [7, 11) is 1.42. The van der Waals surface area contributed by atoms with Gasteiger partial charge in [0.05, 0.1) is 7.11 Å². The third kappa shape index (κ3) is 3.07. The monoisotopic (exact) mass is 445 g/mol. The van der Waals surface area contributed by atoms with Gasteiger partial charge in [0, 0.05) is 12.0 Å². The van der Waals surface area contributed by atoms with E-state index in [4.69, 9.17) is 4.74 Å². The van der Waals surface area contributed by atoms with E-state index in [9.17, 15) is 4.79 Å². The van der Waals surface area contributed by atoms with Crippen LogP contribution in [-0.4, -0.2) is 19.7 Å². The fraction of sp³-hybridized carbons (Fsp3) is 0.194. The molecular formula is C31H27NO2. The molecule has 0 aliphatic heterocycles. The number of carbonyl (C=O) groups is 1. The molecule has 0 unspecified atom stereocenters. The Balaban J connectivity index is 1.54. The molecule has 0 atom stereocenters. The smallest absolute Gasteiger partial charge is 0.406 e. The summed E-state index contributed by atoms with van der Waals surface area (Å²) in [6, 6.07) is 30.6. The zero-order valence-electron chi connectivity index (χ0n) is 19.5. The van der Waals surface area contributed by atoms with Gasteiger partial charge in [-0.25, -0.2) is 4.79 Å². The van der Waals surface area contributed by atoms with Crippen molar-refractivity contribution in [1.82, 2.24) is 5.32 Å². The molecule has 0 heterocycles. The van der Waals surface area contributed by atoms with Crippen LogP contribution in [0, 0.1) is 0 Å². The third-order valence-corrected chi connectivity index (χ3v) is 7.66. The molecule has 0 saturated heterocycles. The van der Waals surface area contributed by atoms with Gasteiger partial charge in [-0.3, -0.25) is 0 Å². The number of alkyl carbamates (subject to hydrolysis) is 1. The van der Waals surface area contributed by atoms with Gasteiger partial charge in [-0.15, -0.1) is 0 Å². The minimum atomic E-state index is -0.422. The van der Waals surface area contributed by atoms with Crippen molar-refractivity contribution in [1.29, 1.82) is 0 Å². The fourth-order valence-corrected chi connectivity index (χ4v) is 6.01. The second-order valence-electron chi connectivity index (χ2n) is 9.51. The molecule has 168 valence electrons. The molecule has 2 aliphatic rings. The van der Waals surface area contributed by atoms with Crippen molar-refractivity contribution >= 4 is 6.09 Å². The van der Waals surface area contributed by atoms with Gasteiger partial charge in [0.25, 0.3) is 0 Å². The molecule has 0 fully saturated rings. The maximum atomic E-state index is 12.2. The van der Waals surface area contributed by atoms with E-state index in [1.54, 1.807) is 0 Å². The first-order valence-electron chi connectivity index (χ1n) is 11.8. The molecule has 4 aromatic rings. The third-order valence-electron chi connectivity index (χ3n) is 7.66. The molecule has 6 rings (SSSR count). The molecule has 4 aromatic carbocycles. The normalized spacial score (nSPS) is 13.0. The quantitative estimate of drug-likeness (QED) is 0.337. The summed E-state index contributed by atoms with van der Waals surface area (Å²) in [5.74, 6) is 0. The van der Waals surface area contributed by atoms with E-state index >= 15 is 0 Å².